The van der Waals surface area contributed by atoms with Crippen LogP contribution in [0.3, 0.4) is 0 Å². The van der Waals surface area contributed by atoms with Crippen molar-refractivity contribution in [2.45, 2.75) is 19.5 Å². The van der Waals surface area contributed by atoms with Crippen LogP contribution in [0.2, 0.25) is 0 Å². The Balaban J connectivity index is 1.99. The van der Waals surface area contributed by atoms with Crippen LogP contribution in [0, 0.1) is 0 Å². The summed E-state index contributed by atoms with van der Waals surface area (Å²) in [6.07, 6.45) is 12.7. The molecular formula is C20H22N4O. The quantitative estimate of drug-likeness (QED) is 0.379. The predicted octanol–water partition coefficient (Wildman–Crippen LogP) is 3.45. The van der Waals surface area contributed by atoms with Gasteiger partial charge in [0.2, 0.25) is 0 Å². The van der Waals surface area contributed by atoms with Crippen LogP contribution in [0.4, 0.5) is 0 Å². The standard InChI is InChI=1S/C20H22N4O/c1-21-11-5-2-3-7-13-24(15-19-8-4-6-12-22-19)16-20-10-9-18(17-25)14-23-20/h2-6,8-12,14,17H,1,7,13,15-16H2/b3-2-,11-5-. The fourth-order valence-corrected chi connectivity index (χ4v) is 2.31. The summed E-state index contributed by atoms with van der Waals surface area (Å²) in [6.45, 7) is 5.72. The van der Waals surface area contributed by atoms with Gasteiger partial charge in [0, 0.05) is 43.8 Å². The smallest absolute Gasteiger partial charge is 0.151 e. The van der Waals surface area contributed by atoms with Crippen LogP contribution < -0.4 is 0 Å². The van der Waals surface area contributed by atoms with Gasteiger partial charge in [-0.3, -0.25) is 24.7 Å². The van der Waals surface area contributed by atoms with E-state index < -0.39 is 0 Å². The minimum atomic E-state index is 0.588. The highest BCUT2D eigenvalue weighted by atomic mass is 16.1. The average molecular weight is 334 g/mol. The molecule has 0 radical (unpaired) electrons. The second kappa shape index (κ2) is 10.8. The molecule has 0 amide bonds. The maximum atomic E-state index is 10.7. The summed E-state index contributed by atoms with van der Waals surface area (Å²) in [5.74, 6) is 0. The molecule has 2 rings (SSSR count). The van der Waals surface area contributed by atoms with Gasteiger partial charge in [-0.1, -0.05) is 18.2 Å². The Labute approximate surface area is 148 Å². The van der Waals surface area contributed by atoms with Crippen molar-refractivity contribution < 1.29 is 4.79 Å². The molecule has 128 valence electrons. The molecule has 0 unspecified atom stereocenters. The number of aliphatic imine (C=N–C) groups is 1. The average Bonchev–Trinajstić information content (AvgIpc) is 2.66. The second-order valence-electron chi connectivity index (χ2n) is 5.47. The molecule has 0 N–H and O–H groups in total. The van der Waals surface area contributed by atoms with Crippen molar-refractivity contribution in [3.63, 3.8) is 0 Å². The molecule has 25 heavy (non-hydrogen) atoms. The Morgan fingerprint density at radius 3 is 2.56 bits per heavy atom. The van der Waals surface area contributed by atoms with E-state index in [1.54, 1.807) is 24.7 Å². The van der Waals surface area contributed by atoms with E-state index in [4.69, 9.17) is 0 Å². The van der Waals surface area contributed by atoms with Gasteiger partial charge in [-0.05, 0) is 43.5 Å². The minimum absolute atomic E-state index is 0.588. The molecule has 0 saturated heterocycles. The molecule has 5 nitrogen and oxygen atoms in total. The molecule has 0 atom stereocenters. The lowest BCUT2D eigenvalue weighted by Gasteiger charge is -2.21. The summed E-state index contributed by atoms with van der Waals surface area (Å²) in [5.41, 5.74) is 2.54. The Bertz CT molecular complexity index is 708. The zero-order chi connectivity index (χ0) is 17.7. The van der Waals surface area contributed by atoms with Gasteiger partial charge in [0.05, 0.1) is 11.4 Å². The Hall–Kier alpha value is -2.92. The highest BCUT2D eigenvalue weighted by Gasteiger charge is 2.08. The molecule has 5 heteroatoms. The van der Waals surface area contributed by atoms with Gasteiger partial charge in [0.25, 0.3) is 0 Å². The van der Waals surface area contributed by atoms with Crippen molar-refractivity contribution in [3.05, 3.63) is 84.1 Å². The predicted molar refractivity (Wildman–Crippen MR) is 100 cm³/mol. The third-order valence-electron chi connectivity index (χ3n) is 3.53. The SMILES string of the molecule is C=N/C=C\C=C/CCN(Cc1ccccn1)Cc1ccc(C=O)cn1. The topological polar surface area (TPSA) is 58.5 Å². The molecule has 0 spiro atoms. The normalized spacial score (nSPS) is 11.4. The Morgan fingerprint density at radius 2 is 1.92 bits per heavy atom. The number of pyridine rings is 2. The van der Waals surface area contributed by atoms with E-state index in [-0.39, 0.29) is 0 Å². The molecule has 2 heterocycles. The van der Waals surface area contributed by atoms with Crippen molar-refractivity contribution in [3.8, 4) is 0 Å². The summed E-state index contributed by atoms with van der Waals surface area (Å²) >= 11 is 0. The van der Waals surface area contributed by atoms with Gasteiger partial charge in [-0.2, -0.15) is 0 Å². The molecule has 2 aromatic rings. The fourth-order valence-electron chi connectivity index (χ4n) is 2.31. The molecule has 0 saturated carbocycles. The first-order valence-corrected chi connectivity index (χ1v) is 8.11. The van der Waals surface area contributed by atoms with E-state index >= 15 is 0 Å². The van der Waals surface area contributed by atoms with Crippen LogP contribution >= 0.6 is 0 Å². The lowest BCUT2D eigenvalue weighted by Crippen LogP contribution is -2.24. The maximum Gasteiger partial charge on any atom is 0.151 e. The monoisotopic (exact) mass is 334 g/mol. The number of hydrogen-bond acceptors (Lipinski definition) is 5. The third kappa shape index (κ3) is 7.01. The Morgan fingerprint density at radius 1 is 1.08 bits per heavy atom. The first-order chi connectivity index (χ1) is 12.3. The van der Waals surface area contributed by atoms with E-state index in [0.29, 0.717) is 12.1 Å². The third-order valence-corrected chi connectivity index (χ3v) is 3.53. The van der Waals surface area contributed by atoms with Crippen LogP contribution in [0.5, 0.6) is 0 Å². The van der Waals surface area contributed by atoms with Gasteiger partial charge < -0.3 is 0 Å². The summed E-state index contributed by atoms with van der Waals surface area (Å²) in [7, 11) is 0. The zero-order valence-corrected chi connectivity index (χ0v) is 14.2. The Kier molecular flexibility index (Phi) is 7.94. The highest BCUT2D eigenvalue weighted by molar-refractivity contribution is 5.73. The second-order valence-corrected chi connectivity index (χ2v) is 5.47. The molecule has 0 aliphatic heterocycles. The van der Waals surface area contributed by atoms with Crippen molar-refractivity contribution in [1.82, 2.24) is 14.9 Å². The summed E-state index contributed by atoms with van der Waals surface area (Å²) in [6, 6.07) is 9.61. The summed E-state index contributed by atoms with van der Waals surface area (Å²) in [5, 5.41) is 0. The first-order valence-electron chi connectivity index (χ1n) is 8.11. The number of hydrogen-bond donors (Lipinski definition) is 0. The van der Waals surface area contributed by atoms with E-state index in [2.05, 4.69) is 32.7 Å². The molecule has 0 bridgehead atoms. The summed E-state index contributed by atoms with van der Waals surface area (Å²) in [4.78, 5) is 25.4. The lowest BCUT2D eigenvalue weighted by molar-refractivity contribution is 0.112. The molecule has 0 fully saturated rings. The minimum Gasteiger partial charge on any atom is -0.298 e. The van der Waals surface area contributed by atoms with Crippen LogP contribution in [0.1, 0.15) is 28.2 Å². The molecule has 2 aromatic heterocycles. The van der Waals surface area contributed by atoms with Gasteiger partial charge in [-0.15, -0.1) is 0 Å². The largest absolute Gasteiger partial charge is 0.298 e. The zero-order valence-electron chi connectivity index (χ0n) is 14.2. The molecule has 0 aliphatic rings. The van der Waals surface area contributed by atoms with Gasteiger partial charge >= 0.3 is 0 Å². The number of nitrogens with zero attached hydrogens (tertiary/aromatic N) is 4. The number of aldehydes is 1. The number of aromatic nitrogens is 2. The van der Waals surface area contributed by atoms with Crippen molar-refractivity contribution in [2.24, 2.45) is 4.99 Å². The number of carbonyl (C=O) groups excluding carboxylic acids is 1. The van der Waals surface area contributed by atoms with Gasteiger partial charge in [0.1, 0.15) is 0 Å². The lowest BCUT2D eigenvalue weighted by atomic mass is 10.2. The van der Waals surface area contributed by atoms with Crippen molar-refractivity contribution >= 4 is 13.0 Å². The van der Waals surface area contributed by atoms with Crippen molar-refractivity contribution in [2.75, 3.05) is 6.54 Å². The van der Waals surface area contributed by atoms with Crippen LogP contribution in [0.25, 0.3) is 0 Å². The van der Waals surface area contributed by atoms with Crippen molar-refractivity contribution in [1.29, 1.82) is 0 Å². The van der Waals surface area contributed by atoms with Gasteiger partial charge in [-0.25, -0.2) is 0 Å². The molecular weight excluding hydrogens is 312 g/mol. The maximum absolute atomic E-state index is 10.7. The fraction of sp³-hybridized carbons (Fsp3) is 0.200. The van der Waals surface area contributed by atoms with Crippen LogP contribution in [-0.2, 0) is 13.1 Å². The van der Waals surface area contributed by atoms with Crippen LogP contribution in [-0.4, -0.2) is 34.4 Å². The highest BCUT2D eigenvalue weighted by Crippen LogP contribution is 2.08. The van der Waals surface area contributed by atoms with E-state index in [1.807, 2.05) is 36.4 Å². The first kappa shape index (κ1) is 18.4. The number of rotatable bonds is 10. The molecule has 0 aliphatic carbocycles. The van der Waals surface area contributed by atoms with Crippen LogP contribution in [0.15, 0.2) is 72.1 Å². The number of carbonyl (C=O) groups is 1. The van der Waals surface area contributed by atoms with E-state index in [0.717, 1.165) is 37.2 Å². The molecule has 0 aromatic carbocycles. The summed E-state index contributed by atoms with van der Waals surface area (Å²) < 4.78 is 0. The number of allylic oxidation sites excluding steroid dienone is 2. The van der Waals surface area contributed by atoms with E-state index in [9.17, 15) is 4.79 Å². The van der Waals surface area contributed by atoms with E-state index in [1.165, 1.54) is 0 Å². The van der Waals surface area contributed by atoms with Gasteiger partial charge in [0.15, 0.2) is 6.29 Å².